The van der Waals surface area contributed by atoms with E-state index in [9.17, 15) is 9.90 Å². The predicted octanol–water partition coefficient (Wildman–Crippen LogP) is 0.653. The molecule has 0 aliphatic heterocycles. The van der Waals surface area contributed by atoms with Gasteiger partial charge in [-0.05, 0) is 13.0 Å². The second kappa shape index (κ2) is 36.0. The van der Waals surface area contributed by atoms with Gasteiger partial charge in [-0.1, -0.05) is 6.92 Å². The third-order valence-corrected chi connectivity index (χ3v) is 2.47. The Labute approximate surface area is 179 Å². The number of alkyl halides is 2. The molecule has 0 heterocycles. The molecule has 0 aliphatic carbocycles. The summed E-state index contributed by atoms with van der Waals surface area (Å²) in [5.41, 5.74) is 5.34. The van der Waals surface area contributed by atoms with E-state index >= 15 is 0 Å². The van der Waals surface area contributed by atoms with Crippen molar-refractivity contribution in [3.8, 4) is 0 Å². The Kier molecular flexibility index (Phi) is 49.1. The van der Waals surface area contributed by atoms with Crippen LogP contribution in [0.25, 0.3) is 0 Å². The molecule has 0 amide bonds. The maximum absolute atomic E-state index is 9.98. The van der Waals surface area contributed by atoms with Gasteiger partial charge in [0.15, 0.2) is 5.78 Å². The number of allylic oxidation sites excluding steroid dienone is 2. The fourth-order valence-electron chi connectivity index (χ4n) is 1.32. The first kappa shape index (κ1) is 36.8. The van der Waals surface area contributed by atoms with Crippen LogP contribution < -0.4 is 16.2 Å². The molecule has 0 unspecified atom stereocenters. The van der Waals surface area contributed by atoms with Crippen molar-refractivity contribution < 1.29 is 26.7 Å². The molecule has 0 aliphatic rings. The molecular weight excluding hydrogens is 452 g/mol. The van der Waals surface area contributed by atoms with Gasteiger partial charge in [-0.25, -0.2) is 0 Å². The molecule has 0 atom stereocenters. The third kappa shape index (κ3) is 58.8. The van der Waals surface area contributed by atoms with Crippen LogP contribution in [0.4, 0.5) is 0 Å². The Morgan fingerprint density at radius 2 is 1.48 bits per heavy atom. The van der Waals surface area contributed by atoms with Gasteiger partial charge in [0.25, 0.3) is 0 Å². The molecule has 0 saturated heterocycles. The minimum Gasteiger partial charge on any atom is -0.876 e. The van der Waals surface area contributed by atoms with E-state index in [4.69, 9.17) is 49.2 Å². The summed E-state index contributed by atoms with van der Waals surface area (Å²) in [6, 6.07) is 0. The Morgan fingerprint density at radius 3 is 1.70 bits per heavy atom. The summed E-state index contributed by atoms with van der Waals surface area (Å²) in [7, 11) is 0. The van der Waals surface area contributed by atoms with E-state index in [1.165, 1.54) is 13.8 Å². The zero-order chi connectivity index (χ0) is 21.2. The van der Waals surface area contributed by atoms with Gasteiger partial charge in [0.1, 0.15) is 0 Å². The summed E-state index contributed by atoms with van der Waals surface area (Å²) in [5.74, 6) is 0.946. The van der Waals surface area contributed by atoms with Gasteiger partial charge < -0.3 is 36.4 Å². The molecule has 0 aromatic heterocycles. The quantitative estimate of drug-likeness (QED) is 0.114. The summed E-state index contributed by atoms with van der Waals surface area (Å²) in [4.78, 5) is 28.2. The van der Waals surface area contributed by atoms with E-state index in [1.807, 2.05) is 0 Å². The number of carbonyl (C=O) groups excluding carboxylic acids is 1. The van der Waals surface area contributed by atoms with Crippen LogP contribution in [-0.2, 0) is 21.6 Å². The van der Waals surface area contributed by atoms with Crippen molar-refractivity contribution in [2.75, 3.05) is 51.0 Å². The first-order chi connectivity index (χ1) is 12.3. The summed E-state index contributed by atoms with van der Waals surface area (Å²) in [6.45, 7) is 7.99. The fourth-order valence-corrected chi connectivity index (χ4v) is 1.80. The van der Waals surface area contributed by atoms with Gasteiger partial charge in [0, 0.05) is 51.0 Å². The van der Waals surface area contributed by atoms with Gasteiger partial charge in [-0.2, -0.15) is 0 Å². The van der Waals surface area contributed by atoms with Crippen LogP contribution in [0.15, 0.2) is 22.5 Å². The van der Waals surface area contributed by atoms with Crippen LogP contribution in [-0.4, -0.2) is 61.7 Å². The summed E-state index contributed by atoms with van der Waals surface area (Å²) >= 11 is 11.3. The van der Waals surface area contributed by atoms with E-state index in [0.717, 1.165) is 49.5 Å². The number of hydrogen-bond acceptors (Lipinski definition) is 11. The van der Waals surface area contributed by atoms with Crippen LogP contribution >= 0.6 is 23.2 Å². The van der Waals surface area contributed by atoms with Crippen LogP contribution in [0.5, 0.6) is 0 Å². The maximum Gasteiger partial charge on any atom is 3.00 e. The largest absolute Gasteiger partial charge is 3.00 e. The monoisotopic (exact) mass is 477 g/mol. The Bertz CT molecular complexity index is 341. The number of halogens is 2. The molecule has 162 valence electrons. The van der Waals surface area contributed by atoms with Gasteiger partial charge in [0.05, 0.1) is 0 Å². The van der Waals surface area contributed by atoms with Gasteiger partial charge >= 0.3 is 16.8 Å². The molecular formula is C13H26Cl2CoN5O6. The summed E-state index contributed by atoms with van der Waals surface area (Å²) < 4.78 is 0. The van der Waals surface area contributed by atoms with Crippen molar-refractivity contribution in [2.45, 2.75) is 13.8 Å². The number of hydrogen-bond donors (Lipinski definition) is 2. The van der Waals surface area contributed by atoms with Gasteiger partial charge in [-0.15, -0.1) is 39.6 Å². The number of carbonyl (C=O) groups is 1. The van der Waals surface area contributed by atoms with Crippen LogP contribution in [0.1, 0.15) is 13.8 Å². The van der Waals surface area contributed by atoms with Crippen molar-refractivity contribution in [3.63, 3.8) is 0 Å². The van der Waals surface area contributed by atoms with Gasteiger partial charge in [0.2, 0.25) is 0 Å². The van der Waals surface area contributed by atoms with Crippen LogP contribution in [0.3, 0.4) is 0 Å². The zero-order valence-corrected chi connectivity index (χ0v) is 17.7. The van der Waals surface area contributed by atoms with E-state index in [2.05, 4.69) is 10.2 Å². The Morgan fingerprint density at radius 1 is 1.07 bits per heavy atom. The van der Waals surface area contributed by atoms with Crippen molar-refractivity contribution in [3.05, 3.63) is 32.1 Å². The number of nitrogens with zero attached hydrogens (tertiary/aromatic N) is 3. The normalized spacial score (nSPS) is 9.19. The average molecular weight is 478 g/mol. The van der Waals surface area contributed by atoms with E-state index in [0.29, 0.717) is 18.3 Å². The van der Waals surface area contributed by atoms with Crippen molar-refractivity contribution >= 4 is 29.0 Å². The molecule has 14 heteroatoms. The van der Waals surface area contributed by atoms with Crippen molar-refractivity contribution in [1.29, 1.82) is 0 Å². The molecule has 11 nitrogen and oxygen atoms in total. The Hall–Kier alpha value is -1.02. The van der Waals surface area contributed by atoms with Crippen molar-refractivity contribution in [1.82, 2.24) is 10.2 Å². The number of rotatable bonds is 10. The standard InChI is InChI=1S/C8H19Cl2N3.C5H8O2.Co.2HNO2/c9-1-6-13(7-2-10)8-5-12-4-3-11;1-4(6)3-5(2)7;;2*2-1-3/h12H,1-8,11H2;3,6H,1-2H3;;2*(H,2,3)/q;;+3;;/p-3/b;4-3-;;;. The van der Waals surface area contributed by atoms with Crippen LogP contribution in [0, 0.1) is 20.2 Å². The Balaban J connectivity index is -0.0000000971. The molecule has 0 aromatic rings. The molecule has 0 radical (unpaired) electrons. The SMILES string of the molecule is CC(=O)/C=C(/C)[O-].NCCNCCN(CCCl)CCCl.O=N[O-].O=N[O-].[Co+3]. The molecule has 0 fully saturated rings. The molecule has 0 saturated carbocycles. The second-order valence-corrected chi connectivity index (χ2v) is 5.03. The third-order valence-electron chi connectivity index (χ3n) is 2.13. The molecule has 0 rings (SSSR count). The van der Waals surface area contributed by atoms with Crippen molar-refractivity contribution in [2.24, 2.45) is 16.4 Å². The number of ketones is 1. The van der Waals surface area contributed by atoms with E-state index < -0.39 is 0 Å². The predicted molar refractivity (Wildman–Crippen MR) is 103 cm³/mol. The average Bonchev–Trinajstić information content (AvgIpc) is 2.53. The van der Waals surface area contributed by atoms with Gasteiger partial charge in [-0.3, -0.25) is 9.69 Å². The molecule has 27 heavy (non-hydrogen) atoms. The number of nitrogens with one attached hydrogen (secondary N) is 1. The first-order valence-corrected chi connectivity index (χ1v) is 8.38. The first-order valence-electron chi connectivity index (χ1n) is 7.31. The number of nitrogens with two attached hydrogens (primary N) is 1. The topological polar surface area (TPSA) is 186 Å². The fraction of sp³-hybridized carbons (Fsp3) is 0.769. The van der Waals surface area contributed by atoms with E-state index in [-0.39, 0.29) is 28.3 Å². The van der Waals surface area contributed by atoms with E-state index in [1.54, 1.807) is 0 Å². The molecule has 0 aromatic carbocycles. The maximum atomic E-state index is 9.98. The summed E-state index contributed by atoms with van der Waals surface area (Å²) in [5, 5.41) is 31.2. The van der Waals surface area contributed by atoms with Crippen LogP contribution in [0.2, 0.25) is 0 Å². The molecule has 0 spiro atoms. The molecule has 3 N–H and O–H groups in total. The smallest absolute Gasteiger partial charge is 0.876 e. The second-order valence-electron chi connectivity index (χ2n) is 4.27. The minimum atomic E-state index is -0.187. The summed E-state index contributed by atoms with van der Waals surface area (Å²) in [6.07, 6.45) is 1.06. The zero-order valence-electron chi connectivity index (χ0n) is 15.2. The minimum absolute atomic E-state index is 0. The molecule has 0 bridgehead atoms.